The van der Waals surface area contributed by atoms with Gasteiger partial charge in [-0.2, -0.15) is 10.2 Å². The molecule has 0 saturated carbocycles. The van der Waals surface area contributed by atoms with Crippen LogP contribution in [-0.2, 0) is 24.2 Å². The summed E-state index contributed by atoms with van der Waals surface area (Å²) < 4.78 is 1.23. The summed E-state index contributed by atoms with van der Waals surface area (Å²) in [6, 6.07) is 5.24. The van der Waals surface area contributed by atoms with Gasteiger partial charge in [0.1, 0.15) is 6.54 Å². The molecule has 0 atom stereocenters. The maximum Gasteiger partial charge on any atom is 0.267 e. The van der Waals surface area contributed by atoms with Crippen molar-refractivity contribution in [1.82, 2.24) is 24.9 Å². The Morgan fingerprint density at radius 3 is 2.73 bits per heavy atom. The largest absolute Gasteiger partial charge is 0.352 e. The van der Waals surface area contributed by atoms with Gasteiger partial charge in [0.15, 0.2) is 5.82 Å². The van der Waals surface area contributed by atoms with E-state index >= 15 is 0 Å². The topological polar surface area (TPSA) is 84.2 Å². The fourth-order valence-corrected chi connectivity index (χ4v) is 3.55. The van der Waals surface area contributed by atoms with Crippen LogP contribution in [0.5, 0.6) is 0 Å². The number of rotatable bonds is 3. The number of fused-ring (bicyclic) bond motifs is 1. The van der Waals surface area contributed by atoms with E-state index in [1.165, 1.54) is 16.3 Å². The predicted octanol–water partition coefficient (Wildman–Crippen LogP) is 0.179. The summed E-state index contributed by atoms with van der Waals surface area (Å²) in [5.41, 5.74) is 2.89. The van der Waals surface area contributed by atoms with Crippen molar-refractivity contribution >= 4 is 11.7 Å². The normalized spacial score (nSPS) is 16.7. The first kappa shape index (κ1) is 16.7. The van der Waals surface area contributed by atoms with Gasteiger partial charge in [-0.15, -0.1) is 5.10 Å². The number of nitrogens with zero attached hydrogens (tertiary/aromatic N) is 6. The van der Waals surface area contributed by atoms with Gasteiger partial charge in [0, 0.05) is 32.2 Å². The number of amides is 1. The number of piperazine rings is 1. The minimum Gasteiger partial charge on any atom is -0.352 e. The van der Waals surface area contributed by atoms with Gasteiger partial charge in [0.2, 0.25) is 5.91 Å². The second kappa shape index (κ2) is 6.86. The maximum atomic E-state index is 12.5. The van der Waals surface area contributed by atoms with Crippen LogP contribution in [0.2, 0.25) is 0 Å². The van der Waals surface area contributed by atoms with Crippen molar-refractivity contribution in [3.8, 4) is 0 Å². The van der Waals surface area contributed by atoms with Crippen LogP contribution in [0.1, 0.15) is 23.4 Å². The van der Waals surface area contributed by atoms with Gasteiger partial charge in [-0.3, -0.25) is 9.59 Å². The number of anilines is 1. The second-order valence-corrected chi connectivity index (χ2v) is 6.87. The Bertz CT molecular complexity index is 885. The summed E-state index contributed by atoms with van der Waals surface area (Å²) in [5, 5.41) is 12.8. The number of carbonyl (C=O) groups excluding carboxylic acids is 1. The minimum atomic E-state index is -0.254. The van der Waals surface area contributed by atoms with E-state index in [9.17, 15) is 9.59 Å². The molecule has 1 saturated heterocycles. The first-order valence-electron chi connectivity index (χ1n) is 9.03. The standard InChI is InChI=1S/C18H22N6O2/c1-13-5-6-17(25)24(21-13)12-18(26)23-9-7-22(8-10-23)16-11-14-3-2-4-15(14)19-20-16/h5-6,11H,2-4,7-10,12H2,1H3. The molecule has 0 radical (unpaired) electrons. The monoisotopic (exact) mass is 354 g/mol. The van der Waals surface area contributed by atoms with E-state index in [4.69, 9.17) is 0 Å². The molecule has 8 nitrogen and oxygen atoms in total. The lowest BCUT2D eigenvalue weighted by molar-refractivity contribution is -0.132. The number of hydrogen-bond donors (Lipinski definition) is 0. The summed E-state index contributed by atoms with van der Waals surface area (Å²) in [6.07, 6.45) is 3.26. The average molecular weight is 354 g/mol. The van der Waals surface area contributed by atoms with Crippen molar-refractivity contribution in [2.75, 3.05) is 31.1 Å². The highest BCUT2D eigenvalue weighted by Gasteiger charge is 2.24. The third-order valence-electron chi connectivity index (χ3n) is 5.05. The number of carbonyl (C=O) groups is 1. The summed E-state index contributed by atoms with van der Waals surface area (Å²) in [6.45, 7) is 4.44. The molecule has 2 aromatic heterocycles. The van der Waals surface area contributed by atoms with Crippen LogP contribution >= 0.6 is 0 Å². The van der Waals surface area contributed by atoms with E-state index in [-0.39, 0.29) is 18.0 Å². The Morgan fingerprint density at radius 2 is 1.92 bits per heavy atom. The van der Waals surface area contributed by atoms with E-state index in [2.05, 4.69) is 26.3 Å². The summed E-state index contributed by atoms with van der Waals surface area (Å²) >= 11 is 0. The summed E-state index contributed by atoms with van der Waals surface area (Å²) in [7, 11) is 0. The van der Waals surface area contributed by atoms with Gasteiger partial charge < -0.3 is 9.80 Å². The quantitative estimate of drug-likeness (QED) is 0.782. The van der Waals surface area contributed by atoms with Crippen molar-refractivity contribution in [1.29, 1.82) is 0 Å². The summed E-state index contributed by atoms with van der Waals surface area (Å²) in [5.74, 6) is 0.819. The second-order valence-electron chi connectivity index (χ2n) is 6.87. The van der Waals surface area contributed by atoms with E-state index in [1.807, 2.05) is 0 Å². The molecular formula is C18H22N6O2. The predicted molar refractivity (Wildman–Crippen MR) is 96.1 cm³/mol. The van der Waals surface area contributed by atoms with Crippen molar-refractivity contribution in [3.05, 3.63) is 45.5 Å². The minimum absolute atomic E-state index is 0.0147. The van der Waals surface area contributed by atoms with Crippen LogP contribution in [0, 0.1) is 6.92 Å². The lowest BCUT2D eigenvalue weighted by atomic mass is 10.2. The molecule has 136 valence electrons. The molecule has 26 heavy (non-hydrogen) atoms. The molecule has 0 unspecified atom stereocenters. The molecule has 0 bridgehead atoms. The molecule has 1 aliphatic heterocycles. The smallest absolute Gasteiger partial charge is 0.267 e. The van der Waals surface area contributed by atoms with Gasteiger partial charge in [0.25, 0.3) is 5.56 Å². The molecule has 8 heteroatoms. The highest BCUT2D eigenvalue weighted by Crippen LogP contribution is 2.23. The van der Waals surface area contributed by atoms with Crippen LogP contribution < -0.4 is 10.5 Å². The Kier molecular flexibility index (Phi) is 4.40. The molecule has 1 amide bonds. The Labute approximate surface area is 151 Å². The zero-order valence-corrected chi connectivity index (χ0v) is 14.9. The highest BCUT2D eigenvalue weighted by atomic mass is 16.2. The lowest BCUT2D eigenvalue weighted by Crippen LogP contribution is -2.50. The van der Waals surface area contributed by atoms with Crippen LogP contribution in [0.25, 0.3) is 0 Å². The van der Waals surface area contributed by atoms with E-state index in [0.29, 0.717) is 13.1 Å². The Morgan fingerprint density at radius 1 is 1.12 bits per heavy atom. The fraction of sp³-hybridized carbons (Fsp3) is 0.500. The molecule has 2 aliphatic rings. The van der Waals surface area contributed by atoms with Crippen molar-refractivity contribution in [3.63, 3.8) is 0 Å². The number of aromatic nitrogens is 4. The molecule has 4 rings (SSSR count). The number of aryl methyl sites for hydroxylation is 3. The number of hydrogen-bond acceptors (Lipinski definition) is 6. The third-order valence-corrected chi connectivity index (χ3v) is 5.05. The van der Waals surface area contributed by atoms with Gasteiger partial charge in [-0.25, -0.2) is 4.68 Å². The zero-order chi connectivity index (χ0) is 18.1. The molecule has 3 heterocycles. The van der Waals surface area contributed by atoms with Crippen molar-refractivity contribution in [2.24, 2.45) is 0 Å². The van der Waals surface area contributed by atoms with Crippen LogP contribution in [0.4, 0.5) is 5.82 Å². The van der Waals surface area contributed by atoms with Crippen LogP contribution in [0.15, 0.2) is 23.0 Å². The maximum absolute atomic E-state index is 12.5. The summed E-state index contributed by atoms with van der Waals surface area (Å²) in [4.78, 5) is 28.3. The van der Waals surface area contributed by atoms with Gasteiger partial charge in [-0.1, -0.05) is 0 Å². The molecule has 0 N–H and O–H groups in total. The molecular weight excluding hydrogens is 332 g/mol. The van der Waals surface area contributed by atoms with Gasteiger partial charge in [0.05, 0.1) is 11.4 Å². The first-order chi connectivity index (χ1) is 12.6. The lowest BCUT2D eigenvalue weighted by Gasteiger charge is -2.35. The van der Waals surface area contributed by atoms with Crippen LogP contribution in [0.3, 0.4) is 0 Å². The third kappa shape index (κ3) is 3.31. The molecule has 1 fully saturated rings. The average Bonchev–Trinajstić information content (AvgIpc) is 3.12. The van der Waals surface area contributed by atoms with E-state index in [1.54, 1.807) is 17.9 Å². The molecule has 0 aromatic carbocycles. The zero-order valence-electron chi connectivity index (χ0n) is 14.9. The first-order valence-corrected chi connectivity index (χ1v) is 9.03. The van der Waals surface area contributed by atoms with Crippen molar-refractivity contribution in [2.45, 2.75) is 32.7 Å². The van der Waals surface area contributed by atoms with Crippen LogP contribution in [-0.4, -0.2) is 57.0 Å². The van der Waals surface area contributed by atoms with E-state index in [0.717, 1.165) is 49.6 Å². The van der Waals surface area contributed by atoms with Gasteiger partial charge in [-0.05, 0) is 43.9 Å². The molecule has 0 spiro atoms. The Hall–Kier alpha value is -2.77. The fourth-order valence-electron chi connectivity index (χ4n) is 3.55. The SMILES string of the molecule is Cc1ccc(=O)n(CC(=O)N2CCN(c3cc4c(nn3)CCC4)CC2)n1. The Balaban J connectivity index is 1.38. The highest BCUT2D eigenvalue weighted by molar-refractivity contribution is 5.76. The molecule has 1 aliphatic carbocycles. The van der Waals surface area contributed by atoms with Crippen molar-refractivity contribution < 1.29 is 4.79 Å². The van der Waals surface area contributed by atoms with Gasteiger partial charge >= 0.3 is 0 Å². The van der Waals surface area contributed by atoms with E-state index < -0.39 is 0 Å². The molecule has 2 aromatic rings.